The van der Waals surface area contributed by atoms with Crippen LogP contribution < -0.4 is 0 Å². The fourth-order valence-electron chi connectivity index (χ4n) is 9.33. The van der Waals surface area contributed by atoms with E-state index in [9.17, 15) is 5.11 Å². The number of aryl methyl sites for hydroxylation is 1. The van der Waals surface area contributed by atoms with Crippen LogP contribution >= 0.6 is 0 Å². The molecule has 0 radical (unpaired) electrons. The SMILES string of the molecule is [2H]C([2H])([2H])c1cc(-c2ccc(C(C)(C)C)cc2)c(-n2c(-c3cc(C(C)C)cc(C(C)C)c3O)nc3c(-c4[c-]c(-c5cc(-c6ccc(C(C([2H])([2H])[2H])(C([2H])([2H])[2H])C([2H])([2H])[2H])cc6)ccn5)cc(C(C)(C)C)c4)cccc32)cc1-c1ccccc1.[Pt]. The van der Waals surface area contributed by atoms with Crippen LogP contribution in [0.25, 0.3) is 83.9 Å². The van der Waals surface area contributed by atoms with Gasteiger partial charge in [-0.3, -0.25) is 9.55 Å². The fourth-order valence-corrected chi connectivity index (χ4v) is 9.33. The average Bonchev–Trinajstić information content (AvgIpc) is 2.96. The van der Waals surface area contributed by atoms with Crippen LogP contribution in [-0.2, 0) is 37.3 Å². The van der Waals surface area contributed by atoms with Gasteiger partial charge in [0.05, 0.1) is 22.3 Å². The summed E-state index contributed by atoms with van der Waals surface area (Å²) in [5.74, 6) is 0.577. The van der Waals surface area contributed by atoms with Crippen molar-refractivity contribution in [3.05, 3.63) is 191 Å². The molecule has 370 valence electrons. The number of phenolic OH excluding ortho intramolecular Hbond substituents is 1. The molecule has 2 aromatic heterocycles. The Kier molecular flexibility index (Phi) is 10.6. The quantitative estimate of drug-likeness (QED) is 0.147. The molecule has 0 fully saturated rings. The van der Waals surface area contributed by atoms with Crippen LogP contribution in [0.2, 0.25) is 0 Å². The summed E-state index contributed by atoms with van der Waals surface area (Å²) in [7, 11) is 0. The number of fused-ring (bicyclic) bond motifs is 1. The summed E-state index contributed by atoms with van der Waals surface area (Å²) in [4.78, 5) is 10.5. The molecule has 0 aliphatic heterocycles. The molecular formula is C67H70N3OPt-. The first-order valence-corrected chi connectivity index (χ1v) is 24.4. The predicted molar refractivity (Wildman–Crippen MR) is 301 cm³/mol. The Morgan fingerprint density at radius 3 is 1.82 bits per heavy atom. The molecule has 0 saturated carbocycles. The zero-order chi connectivity index (χ0) is 60.7. The predicted octanol–water partition coefficient (Wildman–Crippen LogP) is 18.4. The van der Waals surface area contributed by atoms with Crippen LogP contribution in [0, 0.1) is 12.9 Å². The molecule has 0 spiro atoms. The van der Waals surface area contributed by atoms with E-state index in [2.05, 4.69) is 104 Å². The number of pyridine rings is 1. The largest absolute Gasteiger partial charge is 0.507 e. The van der Waals surface area contributed by atoms with Crippen molar-refractivity contribution in [1.29, 1.82) is 0 Å². The van der Waals surface area contributed by atoms with E-state index in [4.69, 9.17) is 26.4 Å². The monoisotopic (exact) mass is 1140 g/mol. The normalized spacial score (nSPS) is 15.4. The molecule has 0 unspecified atom stereocenters. The summed E-state index contributed by atoms with van der Waals surface area (Å²) >= 11 is 0. The molecule has 9 aromatic rings. The number of rotatable bonds is 9. The van der Waals surface area contributed by atoms with Gasteiger partial charge in [-0.1, -0.05) is 204 Å². The van der Waals surface area contributed by atoms with E-state index in [-0.39, 0.29) is 55.2 Å². The van der Waals surface area contributed by atoms with Gasteiger partial charge in [0.15, 0.2) is 0 Å². The zero-order valence-corrected chi connectivity index (χ0v) is 45.0. The molecule has 72 heavy (non-hydrogen) atoms. The number of aromatic nitrogens is 3. The van der Waals surface area contributed by atoms with Crippen LogP contribution in [-0.4, -0.2) is 19.6 Å². The van der Waals surface area contributed by atoms with Crippen molar-refractivity contribution in [2.45, 2.75) is 125 Å². The molecule has 0 bridgehead atoms. The Labute approximate surface area is 460 Å². The number of imidazole rings is 1. The van der Waals surface area contributed by atoms with E-state index in [0.717, 1.165) is 38.9 Å². The summed E-state index contributed by atoms with van der Waals surface area (Å²) in [5, 5.41) is 12.6. The van der Waals surface area contributed by atoms with Crippen LogP contribution in [0.3, 0.4) is 0 Å². The summed E-state index contributed by atoms with van der Waals surface area (Å²) in [6.45, 7) is 8.45. The van der Waals surface area contributed by atoms with Gasteiger partial charge >= 0.3 is 0 Å². The average molecular weight is 1140 g/mol. The van der Waals surface area contributed by atoms with Crippen molar-refractivity contribution in [1.82, 2.24) is 14.5 Å². The summed E-state index contributed by atoms with van der Waals surface area (Å²) in [5.41, 5.74) is 8.99. The first-order valence-electron chi connectivity index (χ1n) is 30.4. The maximum atomic E-state index is 12.6. The second-order valence-electron chi connectivity index (χ2n) is 21.6. The molecule has 0 saturated heterocycles. The third-order valence-corrected chi connectivity index (χ3v) is 13.6. The minimum Gasteiger partial charge on any atom is -0.507 e. The van der Waals surface area contributed by atoms with Gasteiger partial charge < -0.3 is 5.11 Å². The second kappa shape index (κ2) is 19.9. The topological polar surface area (TPSA) is 50.9 Å². The van der Waals surface area contributed by atoms with Crippen molar-refractivity contribution in [2.24, 2.45) is 0 Å². The van der Waals surface area contributed by atoms with E-state index in [1.807, 2.05) is 84.9 Å². The third kappa shape index (κ3) is 10.3. The maximum absolute atomic E-state index is 12.6. The third-order valence-electron chi connectivity index (χ3n) is 13.6. The number of hydrogen-bond donors (Lipinski definition) is 1. The van der Waals surface area contributed by atoms with Crippen molar-refractivity contribution in [2.75, 3.05) is 0 Å². The molecule has 0 atom stereocenters. The standard InChI is InChI=1S/C67H70N3O.Pt/c1-41(2)48-37-55(42(3)4)63(71)58(38-48)64-69-62-54(49-34-50(36-53(35-49)67(12,13)14)59-39-47(31-32-68-59)44-23-27-51(28-24-44)65(6,7)8)21-18-22-60(62)70(64)61-40-56(45-19-16-15-17-20-45)43(5)33-57(61)46-25-29-52(30-26-46)66(9,10)11;/h15-33,35-42,71H,1-14H3;/q-1;/i5D3,6D3,7D3,8D3;. The number of benzene rings is 7. The zero-order valence-electron chi connectivity index (χ0n) is 54.7. The maximum Gasteiger partial charge on any atom is 0.148 e. The first-order chi connectivity index (χ1) is 38.5. The molecule has 0 amide bonds. The summed E-state index contributed by atoms with van der Waals surface area (Å²) in [6.07, 6.45) is 1.64. The minimum atomic E-state index is -3.40. The Hall–Kier alpha value is -6.35. The van der Waals surface area contributed by atoms with Gasteiger partial charge in [-0.2, -0.15) is 0 Å². The molecule has 2 heterocycles. The Morgan fingerprint density at radius 2 is 1.19 bits per heavy atom. The molecule has 4 nitrogen and oxygen atoms in total. The smallest absolute Gasteiger partial charge is 0.148 e. The van der Waals surface area contributed by atoms with E-state index >= 15 is 0 Å². The van der Waals surface area contributed by atoms with Crippen LogP contribution in [0.1, 0.15) is 151 Å². The number of hydrogen-bond acceptors (Lipinski definition) is 3. The molecule has 0 aliphatic rings. The Balaban J connectivity index is 0.00000920. The molecular weight excluding hydrogens is 1060 g/mol. The Morgan fingerprint density at radius 1 is 0.556 bits per heavy atom. The van der Waals surface area contributed by atoms with E-state index in [1.165, 1.54) is 24.3 Å². The Bertz CT molecular complexity index is 3840. The van der Waals surface area contributed by atoms with Crippen LogP contribution in [0.4, 0.5) is 0 Å². The van der Waals surface area contributed by atoms with E-state index < -0.39 is 38.2 Å². The molecule has 1 N–H and O–H groups in total. The molecule has 0 aliphatic carbocycles. The van der Waals surface area contributed by atoms with Crippen molar-refractivity contribution >= 4 is 11.0 Å². The second-order valence-corrected chi connectivity index (χ2v) is 21.6. The number of aromatic hydroxyl groups is 1. The van der Waals surface area contributed by atoms with Gasteiger partial charge in [-0.15, -0.1) is 29.3 Å². The van der Waals surface area contributed by atoms with Gasteiger partial charge in [0, 0.05) is 55.0 Å². The van der Waals surface area contributed by atoms with Crippen LogP contribution in [0.5, 0.6) is 5.75 Å². The number of para-hydroxylation sites is 1. The van der Waals surface area contributed by atoms with Crippen molar-refractivity contribution in [3.63, 3.8) is 0 Å². The number of phenols is 1. The molecule has 9 rings (SSSR count). The fraction of sp³-hybridized carbons (Fsp3) is 0.284. The summed E-state index contributed by atoms with van der Waals surface area (Å²) < 4.78 is 103. The van der Waals surface area contributed by atoms with Crippen molar-refractivity contribution in [3.8, 4) is 78.6 Å². The first kappa shape index (κ1) is 38.3. The summed E-state index contributed by atoms with van der Waals surface area (Å²) in [6, 6.07) is 48.6. The molecule has 7 aromatic carbocycles. The molecule has 5 heteroatoms. The van der Waals surface area contributed by atoms with E-state index in [1.54, 1.807) is 18.3 Å². The van der Waals surface area contributed by atoms with Gasteiger partial charge in [-0.05, 0) is 121 Å². The number of nitrogens with zero attached hydrogens (tertiary/aromatic N) is 3. The van der Waals surface area contributed by atoms with Gasteiger partial charge in [-0.25, -0.2) is 4.98 Å². The van der Waals surface area contributed by atoms with Crippen molar-refractivity contribution < 1.29 is 42.6 Å². The van der Waals surface area contributed by atoms with Gasteiger partial charge in [0.25, 0.3) is 0 Å². The van der Waals surface area contributed by atoms with Crippen LogP contribution in [0.15, 0.2) is 152 Å². The minimum absolute atomic E-state index is 0. The van der Waals surface area contributed by atoms with Gasteiger partial charge in [0.1, 0.15) is 11.6 Å². The van der Waals surface area contributed by atoms with E-state index in [0.29, 0.717) is 67.2 Å². The van der Waals surface area contributed by atoms with Gasteiger partial charge in [0.2, 0.25) is 0 Å².